The monoisotopic (exact) mass is 285 g/mol. The number of ether oxygens (including phenoxy) is 1. The predicted octanol–water partition coefficient (Wildman–Crippen LogP) is 3.72. The van der Waals surface area contributed by atoms with Gasteiger partial charge in [0.25, 0.3) is 0 Å². The van der Waals surface area contributed by atoms with E-state index in [-0.39, 0.29) is 0 Å². The lowest BCUT2D eigenvalue weighted by Gasteiger charge is -2.08. The Labute approximate surface area is 121 Å². The van der Waals surface area contributed by atoms with Crippen molar-refractivity contribution in [3.63, 3.8) is 0 Å². The van der Waals surface area contributed by atoms with Gasteiger partial charge in [0.2, 0.25) is 0 Å². The molecule has 20 heavy (non-hydrogen) atoms. The second kappa shape index (κ2) is 5.09. The van der Waals surface area contributed by atoms with Gasteiger partial charge in [0.15, 0.2) is 5.82 Å². The third kappa shape index (κ3) is 2.10. The first-order valence-electron chi connectivity index (χ1n) is 6.31. The molecule has 0 aliphatic heterocycles. The zero-order chi connectivity index (χ0) is 14.1. The van der Waals surface area contributed by atoms with Crippen molar-refractivity contribution in [1.29, 1.82) is 0 Å². The number of hydrogen-bond acceptors (Lipinski definition) is 5. The van der Waals surface area contributed by atoms with E-state index < -0.39 is 0 Å². The number of rotatable bonds is 3. The molecule has 102 valence electrons. The lowest BCUT2D eigenvalue weighted by atomic mass is 10.1. The molecule has 0 spiro atoms. The lowest BCUT2D eigenvalue weighted by Crippen LogP contribution is -1.97. The Bertz CT molecular complexity index is 767. The van der Waals surface area contributed by atoms with E-state index in [9.17, 15) is 0 Å². The van der Waals surface area contributed by atoms with E-state index >= 15 is 0 Å². The Balaban J connectivity index is 2.16. The highest BCUT2D eigenvalue weighted by molar-refractivity contribution is 7.16. The summed E-state index contributed by atoms with van der Waals surface area (Å²) in [7, 11) is 3.55. The molecular formula is C15H15N3OS. The Morgan fingerprint density at radius 1 is 1.20 bits per heavy atom. The van der Waals surface area contributed by atoms with E-state index in [0.29, 0.717) is 0 Å². The molecule has 2 aromatic heterocycles. The van der Waals surface area contributed by atoms with E-state index in [1.807, 2.05) is 43.6 Å². The first kappa shape index (κ1) is 12.9. The topological polar surface area (TPSA) is 47.0 Å². The predicted molar refractivity (Wildman–Crippen MR) is 83.7 cm³/mol. The van der Waals surface area contributed by atoms with Gasteiger partial charge in [0.1, 0.15) is 16.4 Å². The van der Waals surface area contributed by atoms with Crippen LogP contribution in [0.5, 0.6) is 5.75 Å². The van der Waals surface area contributed by atoms with Crippen molar-refractivity contribution in [1.82, 2.24) is 9.97 Å². The number of aromatic nitrogens is 2. The third-order valence-electron chi connectivity index (χ3n) is 3.21. The molecule has 1 N–H and O–H groups in total. The van der Waals surface area contributed by atoms with E-state index in [1.54, 1.807) is 18.4 Å². The molecule has 1 aromatic carbocycles. The highest BCUT2D eigenvalue weighted by Crippen LogP contribution is 2.30. The summed E-state index contributed by atoms with van der Waals surface area (Å²) in [5.41, 5.74) is 2.07. The summed E-state index contributed by atoms with van der Waals surface area (Å²) in [6.07, 6.45) is 0. The number of methoxy groups -OCH3 is 1. The van der Waals surface area contributed by atoms with Gasteiger partial charge in [-0.1, -0.05) is 0 Å². The number of thiophene rings is 1. The molecule has 3 rings (SSSR count). The van der Waals surface area contributed by atoms with Gasteiger partial charge in [0.05, 0.1) is 12.5 Å². The van der Waals surface area contributed by atoms with Crippen LogP contribution in [0.2, 0.25) is 0 Å². The van der Waals surface area contributed by atoms with Gasteiger partial charge >= 0.3 is 0 Å². The average Bonchev–Trinajstić information content (AvgIpc) is 2.94. The van der Waals surface area contributed by atoms with Gasteiger partial charge in [-0.3, -0.25) is 0 Å². The fourth-order valence-electron chi connectivity index (χ4n) is 2.19. The summed E-state index contributed by atoms with van der Waals surface area (Å²) >= 11 is 1.62. The Kier molecular flexibility index (Phi) is 3.28. The molecule has 4 nitrogen and oxygen atoms in total. The summed E-state index contributed by atoms with van der Waals surface area (Å²) in [5, 5.41) is 6.23. The summed E-state index contributed by atoms with van der Waals surface area (Å²) in [4.78, 5) is 10.2. The average molecular weight is 285 g/mol. The van der Waals surface area contributed by atoms with E-state index in [1.165, 1.54) is 0 Å². The van der Waals surface area contributed by atoms with Crippen molar-refractivity contribution in [3.8, 4) is 17.1 Å². The number of benzene rings is 1. The molecule has 0 saturated heterocycles. The van der Waals surface area contributed by atoms with Crippen LogP contribution in [-0.2, 0) is 0 Å². The molecule has 0 amide bonds. The van der Waals surface area contributed by atoms with Crippen molar-refractivity contribution >= 4 is 27.4 Å². The van der Waals surface area contributed by atoms with Crippen LogP contribution in [0.25, 0.3) is 21.6 Å². The molecule has 0 atom stereocenters. The number of aryl methyl sites for hydroxylation is 1. The van der Waals surface area contributed by atoms with Crippen molar-refractivity contribution in [3.05, 3.63) is 35.2 Å². The van der Waals surface area contributed by atoms with Crippen LogP contribution in [0, 0.1) is 6.92 Å². The highest BCUT2D eigenvalue weighted by atomic mass is 32.1. The number of nitrogens with one attached hydrogen (secondary N) is 1. The summed E-state index contributed by atoms with van der Waals surface area (Å²) in [6, 6.07) is 8.02. The normalized spacial score (nSPS) is 10.8. The summed E-state index contributed by atoms with van der Waals surface area (Å²) in [6.45, 7) is 2.02. The molecule has 0 radical (unpaired) electrons. The van der Waals surface area contributed by atoms with Crippen LogP contribution in [-0.4, -0.2) is 24.1 Å². The zero-order valence-electron chi connectivity index (χ0n) is 11.6. The largest absolute Gasteiger partial charge is 0.496 e. The standard InChI is InChI=1S/C15H15N3OS/c1-9-8-10(4-5-12(9)19-3)13-17-14(16-2)11-6-7-20-15(11)18-13/h4-8H,1-3H3,(H,16,17,18). The minimum absolute atomic E-state index is 0.732. The molecule has 0 bridgehead atoms. The fourth-order valence-corrected chi connectivity index (χ4v) is 2.96. The van der Waals surface area contributed by atoms with E-state index in [0.717, 1.165) is 38.7 Å². The van der Waals surface area contributed by atoms with Crippen LogP contribution in [0.1, 0.15) is 5.56 Å². The van der Waals surface area contributed by atoms with Crippen molar-refractivity contribution in [2.24, 2.45) is 0 Å². The number of anilines is 1. The molecule has 0 saturated carbocycles. The molecule has 3 aromatic rings. The Morgan fingerprint density at radius 2 is 2.05 bits per heavy atom. The molecule has 0 aliphatic rings. The van der Waals surface area contributed by atoms with Crippen LogP contribution in [0.3, 0.4) is 0 Å². The molecule has 0 fully saturated rings. The highest BCUT2D eigenvalue weighted by Gasteiger charge is 2.10. The maximum Gasteiger partial charge on any atom is 0.163 e. The zero-order valence-corrected chi connectivity index (χ0v) is 12.4. The number of nitrogens with zero attached hydrogens (tertiary/aromatic N) is 2. The molecule has 0 aliphatic carbocycles. The second-order valence-electron chi connectivity index (χ2n) is 4.47. The van der Waals surface area contributed by atoms with Gasteiger partial charge in [-0.2, -0.15) is 0 Å². The second-order valence-corrected chi connectivity index (χ2v) is 5.36. The van der Waals surface area contributed by atoms with Crippen LogP contribution >= 0.6 is 11.3 Å². The maximum atomic E-state index is 5.29. The van der Waals surface area contributed by atoms with Gasteiger partial charge in [-0.05, 0) is 42.1 Å². The van der Waals surface area contributed by atoms with E-state index in [2.05, 4.69) is 15.3 Å². The van der Waals surface area contributed by atoms with Gasteiger partial charge < -0.3 is 10.1 Å². The minimum Gasteiger partial charge on any atom is -0.496 e. The SMILES string of the molecule is CNc1nc(-c2ccc(OC)c(C)c2)nc2sccc12. The quantitative estimate of drug-likeness (QED) is 0.796. The van der Waals surface area contributed by atoms with Crippen molar-refractivity contribution < 1.29 is 4.74 Å². The molecule has 2 heterocycles. The fraction of sp³-hybridized carbons (Fsp3) is 0.200. The minimum atomic E-state index is 0.732. The lowest BCUT2D eigenvalue weighted by molar-refractivity contribution is 0.412. The summed E-state index contributed by atoms with van der Waals surface area (Å²) in [5.74, 6) is 2.47. The Hall–Kier alpha value is -2.14. The van der Waals surface area contributed by atoms with Crippen LogP contribution in [0.15, 0.2) is 29.6 Å². The van der Waals surface area contributed by atoms with E-state index in [4.69, 9.17) is 4.74 Å². The maximum absolute atomic E-state index is 5.29. The van der Waals surface area contributed by atoms with Gasteiger partial charge in [-0.25, -0.2) is 9.97 Å². The third-order valence-corrected chi connectivity index (χ3v) is 4.02. The Morgan fingerprint density at radius 3 is 2.75 bits per heavy atom. The molecular weight excluding hydrogens is 270 g/mol. The first-order chi connectivity index (χ1) is 9.72. The van der Waals surface area contributed by atoms with Crippen LogP contribution in [0.4, 0.5) is 5.82 Å². The summed E-state index contributed by atoms with van der Waals surface area (Å²) < 4.78 is 5.29. The molecule has 0 unspecified atom stereocenters. The smallest absolute Gasteiger partial charge is 0.163 e. The van der Waals surface area contributed by atoms with Crippen molar-refractivity contribution in [2.45, 2.75) is 6.92 Å². The number of hydrogen-bond donors (Lipinski definition) is 1. The first-order valence-corrected chi connectivity index (χ1v) is 7.19. The van der Waals surface area contributed by atoms with Gasteiger partial charge in [-0.15, -0.1) is 11.3 Å². The van der Waals surface area contributed by atoms with Crippen LogP contribution < -0.4 is 10.1 Å². The number of fused-ring (bicyclic) bond motifs is 1. The van der Waals surface area contributed by atoms with Crippen molar-refractivity contribution in [2.75, 3.05) is 19.5 Å². The van der Waals surface area contributed by atoms with Gasteiger partial charge in [0, 0.05) is 12.6 Å². The molecule has 5 heteroatoms.